The maximum atomic E-state index is 13.0. The topological polar surface area (TPSA) is 41.7 Å². The van der Waals surface area contributed by atoms with Crippen molar-refractivity contribution in [3.05, 3.63) is 94.3 Å². The Hall–Kier alpha value is -3.33. The molecule has 25 heavy (non-hydrogen) atoms. The third-order valence-corrected chi connectivity index (χ3v) is 4.92. The Morgan fingerprint density at radius 1 is 0.760 bits per heavy atom. The highest BCUT2D eigenvalue weighted by molar-refractivity contribution is 6.13. The molecule has 0 atom stereocenters. The highest BCUT2D eigenvalue weighted by atomic mass is 16.3. The van der Waals surface area contributed by atoms with E-state index in [1.807, 2.05) is 42.6 Å². The van der Waals surface area contributed by atoms with Gasteiger partial charge >= 0.3 is 0 Å². The minimum Gasteiger partial charge on any atom is -0.508 e. The molecule has 0 aliphatic heterocycles. The molecule has 0 saturated carbocycles. The fraction of sp³-hybridized carbons (Fsp3) is 0.0455. The van der Waals surface area contributed by atoms with Crippen molar-refractivity contribution in [1.29, 1.82) is 0 Å². The van der Waals surface area contributed by atoms with Crippen LogP contribution in [0.2, 0.25) is 0 Å². The second-order valence-electron chi connectivity index (χ2n) is 6.38. The molecule has 3 heteroatoms. The van der Waals surface area contributed by atoms with E-state index >= 15 is 0 Å². The van der Waals surface area contributed by atoms with Crippen molar-refractivity contribution in [1.82, 2.24) is 4.40 Å². The van der Waals surface area contributed by atoms with E-state index < -0.39 is 0 Å². The number of benzene rings is 3. The molecular formula is C22H15NO2. The number of rotatable bonds is 2. The molecule has 0 spiro atoms. The lowest BCUT2D eigenvalue weighted by Crippen LogP contribution is -2.12. The minimum absolute atomic E-state index is 0.0316. The molecule has 2 heterocycles. The number of aromatic hydroxyl groups is 1. The summed E-state index contributed by atoms with van der Waals surface area (Å²) in [4.78, 5) is 13.0. The summed E-state index contributed by atoms with van der Waals surface area (Å²) in [5.74, 6) is 0.220. The Kier molecular flexibility index (Phi) is 2.86. The number of phenolic OH excluding ortho intramolecular Hbond substituents is 1. The zero-order valence-electron chi connectivity index (χ0n) is 13.4. The van der Waals surface area contributed by atoms with Crippen molar-refractivity contribution in [2.75, 3.05) is 0 Å². The molecule has 3 aromatic carbocycles. The fourth-order valence-electron chi connectivity index (χ4n) is 3.75. The summed E-state index contributed by atoms with van der Waals surface area (Å²) >= 11 is 0. The van der Waals surface area contributed by atoms with E-state index in [1.54, 1.807) is 12.1 Å². The first-order valence-corrected chi connectivity index (χ1v) is 8.28. The molecule has 0 amide bonds. The van der Waals surface area contributed by atoms with Gasteiger partial charge in [0.25, 0.3) is 0 Å². The molecule has 0 bridgehead atoms. The Balaban J connectivity index is 1.87. The van der Waals surface area contributed by atoms with E-state index in [0.29, 0.717) is 12.0 Å². The Bertz CT molecular complexity index is 1300. The minimum atomic E-state index is 0.0316. The molecule has 1 N–H and O–H groups in total. The average molecular weight is 325 g/mol. The summed E-state index contributed by atoms with van der Waals surface area (Å²) in [5, 5.41) is 13.0. The van der Waals surface area contributed by atoms with Gasteiger partial charge in [0.2, 0.25) is 0 Å². The van der Waals surface area contributed by atoms with Crippen LogP contribution in [0.1, 0.15) is 11.1 Å². The van der Waals surface area contributed by atoms with Crippen LogP contribution in [0.15, 0.2) is 77.7 Å². The number of phenols is 1. The number of aromatic nitrogens is 1. The first-order chi connectivity index (χ1) is 12.2. The summed E-state index contributed by atoms with van der Waals surface area (Å²) in [5.41, 5.74) is 3.53. The lowest BCUT2D eigenvalue weighted by molar-refractivity contribution is 0.469. The van der Waals surface area contributed by atoms with Crippen LogP contribution in [0.4, 0.5) is 0 Å². The van der Waals surface area contributed by atoms with Crippen molar-refractivity contribution in [2.24, 2.45) is 0 Å². The van der Waals surface area contributed by atoms with Crippen molar-refractivity contribution in [3.8, 4) is 5.75 Å². The van der Waals surface area contributed by atoms with Crippen LogP contribution >= 0.6 is 0 Å². The summed E-state index contributed by atoms with van der Waals surface area (Å²) < 4.78 is 2.11. The second-order valence-corrected chi connectivity index (χ2v) is 6.38. The van der Waals surface area contributed by atoms with Gasteiger partial charge in [-0.3, -0.25) is 4.79 Å². The predicted molar refractivity (Wildman–Crippen MR) is 101 cm³/mol. The van der Waals surface area contributed by atoms with Crippen LogP contribution in [0, 0.1) is 0 Å². The molecule has 0 unspecified atom stereocenters. The van der Waals surface area contributed by atoms with Gasteiger partial charge < -0.3 is 9.51 Å². The van der Waals surface area contributed by atoms with Gasteiger partial charge in [0.05, 0.1) is 11.0 Å². The van der Waals surface area contributed by atoms with Crippen molar-refractivity contribution in [2.45, 2.75) is 6.42 Å². The number of fused-ring (bicyclic) bond motifs is 3. The normalized spacial score (nSPS) is 11.7. The molecule has 0 saturated heterocycles. The summed E-state index contributed by atoms with van der Waals surface area (Å²) in [6, 6.07) is 21.2. The van der Waals surface area contributed by atoms with Crippen molar-refractivity contribution in [3.63, 3.8) is 0 Å². The van der Waals surface area contributed by atoms with Gasteiger partial charge in [0.15, 0.2) is 5.43 Å². The van der Waals surface area contributed by atoms with Gasteiger partial charge in [-0.2, -0.15) is 0 Å². The number of pyridine rings is 1. The Morgan fingerprint density at radius 3 is 2.36 bits per heavy atom. The van der Waals surface area contributed by atoms with E-state index in [0.717, 1.165) is 32.8 Å². The van der Waals surface area contributed by atoms with Gasteiger partial charge in [-0.25, -0.2) is 0 Å². The third kappa shape index (κ3) is 1.96. The molecule has 5 aromatic rings. The average Bonchev–Trinajstić information content (AvgIpc) is 2.96. The van der Waals surface area contributed by atoms with Crippen LogP contribution < -0.4 is 5.43 Å². The maximum absolute atomic E-state index is 13.0. The number of nitrogens with zero attached hydrogens (tertiary/aromatic N) is 1. The summed E-state index contributed by atoms with van der Waals surface area (Å²) in [7, 11) is 0. The summed E-state index contributed by atoms with van der Waals surface area (Å²) in [6.45, 7) is 0. The highest BCUT2D eigenvalue weighted by Gasteiger charge is 2.15. The largest absolute Gasteiger partial charge is 0.508 e. The second kappa shape index (κ2) is 5.08. The van der Waals surface area contributed by atoms with Gasteiger partial charge in [-0.15, -0.1) is 0 Å². The molecule has 0 aliphatic carbocycles. The van der Waals surface area contributed by atoms with E-state index in [2.05, 4.69) is 22.6 Å². The van der Waals surface area contributed by atoms with E-state index in [1.165, 1.54) is 0 Å². The molecule has 3 nitrogen and oxygen atoms in total. The molecule has 0 aliphatic rings. The van der Waals surface area contributed by atoms with Gasteiger partial charge in [-0.1, -0.05) is 48.5 Å². The third-order valence-electron chi connectivity index (χ3n) is 4.92. The monoisotopic (exact) mass is 325 g/mol. The van der Waals surface area contributed by atoms with E-state index in [9.17, 15) is 9.90 Å². The SMILES string of the molecule is O=c1c(Cc2ccccc2O)cn2c3ccccc3c3cccc1c32. The van der Waals surface area contributed by atoms with Crippen LogP contribution in [0.3, 0.4) is 0 Å². The molecule has 0 fully saturated rings. The maximum Gasteiger partial charge on any atom is 0.192 e. The predicted octanol–water partition coefficient (Wildman–Crippen LogP) is 4.34. The standard InChI is InChI=1S/C22H15NO2/c24-20-11-4-1-6-14(20)12-15-13-23-19-10-3-2-7-16(19)17-8-5-9-18(21(17)23)22(15)25/h1-11,13,24H,12H2. The first-order valence-electron chi connectivity index (χ1n) is 8.28. The van der Waals surface area contributed by atoms with Gasteiger partial charge in [0, 0.05) is 34.3 Å². The molecule has 5 rings (SSSR count). The zero-order valence-corrected chi connectivity index (χ0v) is 13.4. The van der Waals surface area contributed by atoms with Gasteiger partial charge in [0.1, 0.15) is 5.75 Å². The van der Waals surface area contributed by atoms with Crippen molar-refractivity contribution < 1.29 is 5.11 Å². The first kappa shape index (κ1) is 14.1. The van der Waals surface area contributed by atoms with Crippen LogP contribution in [0.5, 0.6) is 5.75 Å². The Morgan fingerprint density at radius 2 is 1.48 bits per heavy atom. The summed E-state index contributed by atoms with van der Waals surface area (Å²) in [6.07, 6.45) is 2.33. The lowest BCUT2D eigenvalue weighted by Gasteiger charge is -2.07. The highest BCUT2D eigenvalue weighted by Crippen LogP contribution is 2.31. The smallest absolute Gasteiger partial charge is 0.192 e. The molecular weight excluding hydrogens is 310 g/mol. The number of hydrogen-bond donors (Lipinski definition) is 1. The number of hydrogen-bond acceptors (Lipinski definition) is 2. The molecule has 2 aromatic heterocycles. The fourth-order valence-corrected chi connectivity index (χ4v) is 3.75. The number of para-hydroxylation sites is 3. The Labute approximate surface area is 143 Å². The molecule has 0 radical (unpaired) electrons. The zero-order chi connectivity index (χ0) is 17.0. The van der Waals surface area contributed by atoms with E-state index in [4.69, 9.17) is 0 Å². The van der Waals surface area contributed by atoms with Crippen LogP contribution in [-0.2, 0) is 6.42 Å². The van der Waals surface area contributed by atoms with Crippen LogP contribution in [-0.4, -0.2) is 9.51 Å². The van der Waals surface area contributed by atoms with Gasteiger partial charge in [-0.05, 0) is 23.8 Å². The van der Waals surface area contributed by atoms with Crippen molar-refractivity contribution >= 4 is 27.2 Å². The van der Waals surface area contributed by atoms with Crippen LogP contribution in [0.25, 0.3) is 27.2 Å². The quantitative estimate of drug-likeness (QED) is 0.524. The lowest BCUT2D eigenvalue weighted by atomic mass is 10.0. The molecule has 120 valence electrons. The van der Waals surface area contributed by atoms with E-state index in [-0.39, 0.29) is 11.2 Å².